The molecule has 0 aliphatic carbocycles. The van der Waals surface area contributed by atoms with Crippen LogP contribution in [0.5, 0.6) is 0 Å². The first-order valence-electron chi connectivity index (χ1n) is 5.18. The molecule has 1 aliphatic rings. The van der Waals surface area contributed by atoms with Crippen molar-refractivity contribution in [3.8, 4) is 0 Å². The topological polar surface area (TPSA) is 41.0 Å². The Morgan fingerprint density at radius 2 is 2.53 bits per heavy atom. The highest BCUT2D eigenvalue weighted by Crippen LogP contribution is 2.16. The third kappa shape index (κ3) is 2.79. The van der Waals surface area contributed by atoms with Crippen LogP contribution in [0.15, 0.2) is 12.3 Å². The molecule has 1 aromatic rings. The fourth-order valence-electron chi connectivity index (χ4n) is 1.91. The van der Waals surface area contributed by atoms with Crippen LogP contribution in [0.2, 0.25) is 5.15 Å². The van der Waals surface area contributed by atoms with E-state index in [1.807, 2.05) is 0 Å². The van der Waals surface area contributed by atoms with Gasteiger partial charge in [-0.3, -0.25) is 0 Å². The third-order valence-corrected chi connectivity index (χ3v) is 3.02. The first-order valence-corrected chi connectivity index (χ1v) is 5.56. The Hall–Kier alpha value is -0.870. The number of nitrogens with zero attached hydrogens (tertiary/aromatic N) is 3. The maximum atomic E-state index is 5.74. The Kier molecular flexibility index (Phi) is 3.38. The molecule has 1 N–H and O–H groups in total. The lowest BCUT2D eigenvalue weighted by Crippen LogP contribution is -2.31. The molecule has 1 fully saturated rings. The molecule has 0 radical (unpaired) electrons. The van der Waals surface area contributed by atoms with Crippen LogP contribution >= 0.6 is 11.6 Å². The summed E-state index contributed by atoms with van der Waals surface area (Å²) in [4.78, 5) is 2.38. The average Bonchev–Trinajstić information content (AvgIpc) is 2.61. The van der Waals surface area contributed by atoms with E-state index in [2.05, 4.69) is 27.5 Å². The van der Waals surface area contributed by atoms with E-state index in [1.54, 1.807) is 12.3 Å². The Balaban J connectivity index is 1.87. The van der Waals surface area contributed by atoms with E-state index >= 15 is 0 Å². The summed E-state index contributed by atoms with van der Waals surface area (Å²) < 4.78 is 0. The van der Waals surface area contributed by atoms with E-state index in [0.29, 0.717) is 11.2 Å². The molecule has 0 bridgehead atoms. The monoisotopic (exact) mass is 226 g/mol. The van der Waals surface area contributed by atoms with E-state index in [0.717, 1.165) is 12.2 Å². The number of likely N-dealkylation sites (N-methyl/N-ethyl adjacent to an activating group) is 1. The predicted molar refractivity (Wildman–Crippen MR) is 61.2 cm³/mol. The van der Waals surface area contributed by atoms with Crippen molar-refractivity contribution in [1.82, 2.24) is 15.1 Å². The van der Waals surface area contributed by atoms with Crippen LogP contribution in [0.3, 0.4) is 0 Å². The lowest BCUT2D eigenvalue weighted by atomic mass is 10.2. The Morgan fingerprint density at radius 3 is 3.20 bits per heavy atom. The molecule has 5 heteroatoms. The van der Waals surface area contributed by atoms with Crippen molar-refractivity contribution >= 4 is 17.3 Å². The summed E-state index contributed by atoms with van der Waals surface area (Å²) >= 11 is 5.74. The Morgan fingerprint density at radius 1 is 1.67 bits per heavy atom. The van der Waals surface area contributed by atoms with Gasteiger partial charge in [0.05, 0.1) is 11.9 Å². The van der Waals surface area contributed by atoms with Crippen molar-refractivity contribution in [1.29, 1.82) is 0 Å². The predicted octanol–water partition coefficient (Wildman–Crippen LogP) is 1.64. The molecule has 1 aromatic heterocycles. The number of aromatic nitrogens is 2. The molecular formula is C10H15ClN4. The van der Waals surface area contributed by atoms with Gasteiger partial charge in [0, 0.05) is 18.7 Å². The second-order valence-corrected chi connectivity index (χ2v) is 4.31. The molecule has 15 heavy (non-hydrogen) atoms. The minimum Gasteiger partial charge on any atom is -0.382 e. The summed E-state index contributed by atoms with van der Waals surface area (Å²) in [5.41, 5.74) is 0.940. The van der Waals surface area contributed by atoms with Crippen LogP contribution in [-0.4, -0.2) is 41.3 Å². The quantitative estimate of drug-likeness (QED) is 0.851. The van der Waals surface area contributed by atoms with E-state index in [-0.39, 0.29) is 0 Å². The van der Waals surface area contributed by atoms with Crippen LogP contribution in [0.4, 0.5) is 5.69 Å². The molecule has 1 aliphatic heterocycles. The first kappa shape index (κ1) is 10.6. The van der Waals surface area contributed by atoms with Gasteiger partial charge in [-0.1, -0.05) is 11.6 Å². The standard InChI is InChI=1S/C10H15ClN4/c1-15-4-2-3-9(15)7-12-8-5-10(11)14-13-6-8/h5-6,9H,2-4,7H2,1H3,(H,12,14). The molecule has 0 spiro atoms. The first-order chi connectivity index (χ1) is 7.25. The van der Waals surface area contributed by atoms with Crippen LogP contribution in [0.1, 0.15) is 12.8 Å². The van der Waals surface area contributed by atoms with Gasteiger partial charge in [-0.15, -0.1) is 5.10 Å². The molecule has 82 valence electrons. The van der Waals surface area contributed by atoms with Crippen molar-refractivity contribution in [2.45, 2.75) is 18.9 Å². The molecule has 1 atom stereocenters. The van der Waals surface area contributed by atoms with Crippen LogP contribution < -0.4 is 5.32 Å². The summed E-state index contributed by atoms with van der Waals surface area (Å²) in [6.45, 7) is 2.14. The molecule has 2 rings (SSSR count). The smallest absolute Gasteiger partial charge is 0.153 e. The fraction of sp³-hybridized carbons (Fsp3) is 0.600. The third-order valence-electron chi connectivity index (χ3n) is 2.84. The van der Waals surface area contributed by atoms with Crippen LogP contribution in [0.25, 0.3) is 0 Å². The molecular weight excluding hydrogens is 212 g/mol. The van der Waals surface area contributed by atoms with Gasteiger partial charge in [0.15, 0.2) is 5.15 Å². The number of hydrogen-bond donors (Lipinski definition) is 1. The normalized spacial score (nSPS) is 21.9. The van der Waals surface area contributed by atoms with Crippen molar-refractivity contribution in [3.05, 3.63) is 17.4 Å². The zero-order chi connectivity index (χ0) is 10.7. The molecule has 0 saturated carbocycles. The largest absolute Gasteiger partial charge is 0.382 e. The number of rotatable bonds is 3. The average molecular weight is 227 g/mol. The van der Waals surface area contributed by atoms with E-state index < -0.39 is 0 Å². The van der Waals surface area contributed by atoms with Crippen molar-refractivity contribution in [3.63, 3.8) is 0 Å². The summed E-state index contributed by atoms with van der Waals surface area (Å²) in [7, 11) is 2.16. The van der Waals surface area contributed by atoms with Gasteiger partial charge < -0.3 is 10.2 Å². The van der Waals surface area contributed by atoms with Crippen molar-refractivity contribution in [2.75, 3.05) is 25.5 Å². The number of halogens is 1. The van der Waals surface area contributed by atoms with Gasteiger partial charge in [-0.05, 0) is 26.4 Å². The van der Waals surface area contributed by atoms with Crippen molar-refractivity contribution in [2.24, 2.45) is 0 Å². The molecule has 1 saturated heterocycles. The van der Waals surface area contributed by atoms with Gasteiger partial charge >= 0.3 is 0 Å². The van der Waals surface area contributed by atoms with Crippen molar-refractivity contribution < 1.29 is 0 Å². The molecule has 0 aromatic carbocycles. The van der Waals surface area contributed by atoms with Gasteiger partial charge in [0.1, 0.15) is 0 Å². The highest BCUT2D eigenvalue weighted by Gasteiger charge is 2.20. The summed E-state index contributed by atoms with van der Waals surface area (Å²) in [6, 6.07) is 2.42. The summed E-state index contributed by atoms with van der Waals surface area (Å²) in [5.74, 6) is 0. The molecule has 0 amide bonds. The zero-order valence-corrected chi connectivity index (χ0v) is 9.54. The molecule has 4 nitrogen and oxygen atoms in total. The number of likely N-dealkylation sites (tertiary alicyclic amines) is 1. The lowest BCUT2D eigenvalue weighted by Gasteiger charge is -2.20. The van der Waals surface area contributed by atoms with E-state index in [1.165, 1.54) is 19.4 Å². The van der Waals surface area contributed by atoms with E-state index in [9.17, 15) is 0 Å². The molecule has 1 unspecified atom stereocenters. The van der Waals surface area contributed by atoms with E-state index in [4.69, 9.17) is 11.6 Å². The van der Waals surface area contributed by atoms with Crippen LogP contribution in [-0.2, 0) is 0 Å². The molecule has 2 heterocycles. The lowest BCUT2D eigenvalue weighted by molar-refractivity contribution is 0.322. The summed E-state index contributed by atoms with van der Waals surface area (Å²) in [6.07, 6.45) is 4.24. The number of nitrogens with one attached hydrogen (secondary N) is 1. The summed E-state index contributed by atoms with van der Waals surface area (Å²) in [5, 5.41) is 11.2. The second-order valence-electron chi connectivity index (χ2n) is 3.92. The maximum absolute atomic E-state index is 5.74. The minimum atomic E-state index is 0.430. The second kappa shape index (κ2) is 4.77. The Labute approximate surface area is 94.6 Å². The minimum absolute atomic E-state index is 0.430. The highest BCUT2D eigenvalue weighted by molar-refractivity contribution is 6.29. The SMILES string of the molecule is CN1CCCC1CNc1cnnc(Cl)c1. The van der Waals surface area contributed by atoms with Gasteiger partial charge in [0.25, 0.3) is 0 Å². The van der Waals surface area contributed by atoms with Gasteiger partial charge in [-0.25, -0.2) is 0 Å². The fourth-order valence-corrected chi connectivity index (χ4v) is 2.07. The van der Waals surface area contributed by atoms with Crippen LogP contribution in [0, 0.1) is 0 Å². The van der Waals surface area contributed by atoms with Gasteiger partial charge in [-0.2, -0.15) is 5.10 Å². The van der Waals surface area contributed by atoms with Gasteiger partial charge in [0.2, 0.25) is 0 Å². The number of anilines is 1. The Bertz CT molecular complexity index is 331. The number of hydrogen-bond acceptors (Lipinski definition) is 4. The highest BCUT2D eigenvalue weighted by atomic mass is 35.5. The zero-order valence-electron chi connectivity index (χ0n) is 8.78. The maximum Gasteiger partial charge on any atom is 0.153 e.